The SMILES string of the molecule is Cc1ccc(C2=NO[C@H](CNC(=O)N3CCN4CCC[C@@H]4C3)C2)cc1. The molecule has 1 N–H and O–H groups in total. The number of nitrogens with zero attached hydrogens (tertiary/aromatic N) is 3. The van der Waals surface area contributed by atoms with Crippen molar-refractivity contribution in [2.45, 2.75) is 38.3 Å². The van der Waals surface area contributed by atoms with Gasteiger partial charge in [0, 0.05) is 32.1 Å². The summed E-state index contributed by atoms with van der Waals surface area (Å²) >= 11 is 0. The average Bonchev–Trinajstić information content (AvgIpc) is 3.29. The van der Waals surface area contributed by atoms with E-state index in [0.717, 1.165) is 37.3 Å². The van der Waals surface area contributed by atoms with Crippen molar-refractivity contribution >= 4 is 11.7 Å². The van der Waals surface area contributed by atoms with Crippen LogP contribution in [-0.2, 0) is 4.84 Å². The Morgan fingerprint density at radius 1 is 1.28 bits per heavy atom. The maximum atomic E-state index is 12.4. The highest BCUT2D eigenvalue weighted by Crippen LogP contribution is 2.21. The molecule has 0 radical (unpaired) electrons. The molecule has 6 nitrogen and oxygen atoms in total. The highest BCUT2D eigenvalue weighted by molar-refractivity contribution is 6.01. The second-order valence-corrected chi connectivity index (χ2v) is 7.30. The summed E-state index contributed by atoms with van der Waals surface area (Å²) in [4.78, 5) is 22.4. The van der Waals surface area contributed by atoms with Gasteiger partial charge in [-0.15, -0.1) is 0 Å². The number of fused-ring (bicyclic) bond motifs is 1. The smallest absolute Gasteiger partial charge is 0.317 e. The minimum absolute atomic E-state index is 0.0268. The standard InChI is InChI=1S/C19H26N4O2/c1-14-4-6-15(7-5-14)18-11-17(25-21-18)12-20-19(24)23-10-9-22-8-2-3-16(22)13-23/h4-7,16-17H,2-3,8-13H2,1H3,(H,20,24)/t16-,17+/m1/s1. The van der Waals surface area contributed by atoms with Crippen molar-refractivity contribution in [1.29, 1.82) is 0 Å². The molecule has 2 fully saturated rings. The quantitative estimate of drug-likeness (QED) is 0.914. The topological polar surface area (TPSA) is 57.2 Å². The van der Waals surface area contributed by atoms with E-state index in [9.17, 15) is 4.79 Å². The maximum absolute atomic E-state index is 12.4. The van der Waals surface area contributed by atoms with Gasteiger partial charge in [-0.25, -0.2) is 4.79 Å². The highest BCUT2D eigenvalue weighted by atomic mass is 16.6. The van der Waals surface area contributed by atoms with Crippen LogP contribution in [0.2, 0.25) is 0 Å². The minimum Gasteiger partial charge on any atom is -0.390 e. The van der Waals surface area contributed by atoms with E-state index < -0.39 is 0 Å². The summed E-state index contributed by atoms with van der Waals surface area (Å²) in [5, 5.41) is 7.22. The largest absolute Gasteiger partial charge is 0.390 e. The van der Waals surface area contributed by atoms with E-state index in [1.54, 1.807) is 0 Å². The van der Waals surface area contributed by atoms with Crippen LogP contribution in [-0.4, -0.2) is 66.4 Å². The highest BCUT2D eigenvalue weighted by Gasteiger charge is 2.32. The first-order chi connectivity index (χ1) is 12.2. The summed E-state index contributed by atoms with van der Waals surface area (Å²) in [5.74, 6) is 0. The number of amides is 2. The summed E-state index contributed by atoms with van der Waals surface area (Å²) in [5.41, 5.74) is 3.28. The Hall–Kier alpha value is -2.08. The molecule has 0 bridgehead atoms. The normalized spacial score (nSPS) is 26.1. The van der Waals surface area contributed by atoms with Gasteiger partial charge in [0.2, 0.25) is 0 Å². The van der Waals surface area contributed by atoms with Gasteiger partial charge in [0.25, 0.3) is 0 Å². The van der Waals surface area contributed by atoms with Crippen molar-refractivity contribution in [3.63, 3.8) is 0 Å². The summed E-state index contributed by atoms with van der Waals surface area (Å²) in [7, 11) is 0. The van der Waals surface area contributed by atoms with Gasteiger partial charge in [-0.3, -0.25) is 4.90 Å². The van der Waals surface area contributed by atoms with E-state index in [0.29, 0.717) is 12.6 Å². The molecule has 2 saturated heterocycles. The third kappa shape index (κ3) is 3.63. The van der Waals surface area contributed by atoms with Gasteiger partial charge in [0.05, 0.1) is 12.3 Å². The average molecular weight is 342 g/mol. The number of piperazine rings is 1. The molecule has 25 heavy (non-hydrogen) atoms. The Morgan fingerprint density at radius 3 is 2.96 bits per heavy atom. The number of urea groups is 1. The lowest BCUT2D eigenvalue weighted by Gasteiger charge is -2.37. The summed E-state index contributed by atoms with van der Waals surface area (Å²) in [6.07, 6.45) is 3.13. The lowest BCUT2D eigenvalue weighted by Crippen LogP contribution is -2.55. The molecule has 0 aliphatic carbocycles. The summed E-state index contributed by atoms with van der Waals surface area (Å²) in [6.45, 7) is 6.43. The zero-order valence-electron chi connectivity index (χ0n) is 14.8. The molecular formula is C19H26N4O2. The van der Waals surface area contributed by atoms with Crippen molar-refractivity contribution in [3.8, 4) is 0 Å². The molecule has 4 rings (SSSR count). The van der Waals surface area contributed by atoms with Gasteiger partial charge in [-0.1, -0.05) is 35.0 Å². The van der Waals surface area contributed by atoms with Crippen LogP contribution in [0.1, 0.15) is 30.4 Å². The molecular weight excluding hydrogens is 316 g/mol. The number of rotatable bonds is 3. The summed E-state index contributed by atoms with van der Waals surface area (Å²) in [6, 6.07) is 8.88. The maximum Gasteiger partial charge on any atom is 0.317 e. The molecule has 0 saturated carbocycles. The molecule has 3 heterocycles. The van der Waals surface area contributed by atoms with Crippen molar-refractivity contribution in [2.75, 3.05) is 32.7 Å². The number of hydrogen-bond acceptors (Lipinski definition) is 4. The van der Waals surface area contributed by atoms with Crippen molar-refractivity contribution in [2.24, 2.45) is 5.16 Å². The zero-order valence-corrected chi connectivity index (χ0v) is 14.8. The molecule has 0 aromatic heterocycles. The van der Waals surface area contributed by atoms with Gasteiger partial charge in [0.1, 0.15) is 0 Å². The monoisotopic (exact) mass is 342 g/mol. The number of hydrogen-bond donors (Lipinski definition) is 1. The molecule has 3 aliphatic rings. The number of carbonyl (C=O) groups excluding carboxylic acids is 1. The first-order valence-corrected chi connectivity index (χ1v) is 9.25. The van der Waals surface area contributed by atoms with Crippen molar-refractivity contribution < 1.29 is 9.63 Å². The van der Waals surface area contributed by atoms with E-state index in [4.69, 9.17) is 4.84 Å². The molecule has 1 aromatic rings. The van der Waals surface area contributed by atoms with Crippen LogP contribution in [0.15, 0.2) is 29.4 Å². The number of oxime groups is 1. The Morgan fingerprint density at radius 2 is 2.12 bits per heavy atom. The number of carbonyl (C=O) groups is 1. The van der Waals surface area contributed by atoms with Gasteiger partial charge in [-0.05, 0) is 31.9 Å². The predicted octanol–water partition coefficient (Wildman–Crippen LogP) is 1.98. The third-order valence-corrected chi connectivity index (χ3v) is 5.47. The third-order valence-electron chi connectivity index (χ3n) is 5.47. The van der Waals surface area contributed by atoms with E-state index in [1.807, 2.05) is 4.90 Å². The van der Waals surface area contributed by atoms with Gasteiger partial charge in [-0.2, -0.15) is 0 Å². The zero-order chi connectivity index (χ0) is 17.2. The molecule has 2 atom stereocenters. The number of aryl methyl sites for hydroxylation is 1. The lowest BCUT2D eigenvalue weighted by atomic mass is 10.0. The minimum atomic E-state index is -0.0759. The molecule has 6 heteroatoms. The number of benzene rings is 1. The Balaban J connectivity index is 1.24. The second kappa shape index (κ2) is 7.04. The molecule has 2 amide bonds. The van der Waals surface area contributed by atoms with Gasteiger partial charge < -0.3 is 15.1 Å². The van der Waals surface area contributed by atoms with Crippen LogP contribution >= 0.6 is 0 Å². The number of nitrogens with one attached hydrogen (secondary N) is 1. The Bertz CT molecular complexity index is 658. The molecule has 0 spiro atoms. The first kappa shape index (κ1) is 16.4. The van der Waals surface area contributed by atoms with E-state index >= 15 is 0 Å². The van der Waals surface area contributed by atoms with Crippen LogP contribution in [0.4, 0.5) is 4.79 Å². The fourth-order valence-electron chi connectivity index (χ4n) is 3.94. The fraction of sp³-hybridized carbons (Fsp3) is 0.579. The first-order valence-electron chi connectivity index (χ1n) is 9.25. The molecule has 1 aromatic carbocycles. The Labute approximate surface area is 148 Å². The molecule has 3 aliphatic heterocycles. The molecule has 0 unspecified atom stereocenters. The van der Waals surface area contributed by atoms with Crippen LogP contribution in [0.25, 0.3) is 0 Å². The van der Waals surface area contributed by atoms with Crippen LogP contribution in [0, 0.1) is 6.92 Å². The van der Waals surface area contributed by atoms with E-state index in [1.165, 1.54) is 24.9 Å². The fourth-order valence-corrected chi connectivity index (χ4v) is 3.94. The van der Waals surface area contributed by atoms with Crippen LogP contribution < -0.4 is 5.32 Å². The van der Waals surface area contributed by atoms with Crippen molar-refractivity contribution in [1.82, 2.24) is 15.1 Å². The van der Waals surface area contributed by atoms with Crippen molar-refractivity contribution in [3.05, 3.63) is 35.4 Å². The van der Waals surface area contributed by atoms with E-state index in [-0.39, 0.29) is 12.1 Å². The molecule has 134 valence electrons. The Kier molecular flexibility index (Phi) is 4.61. The van der Waals surface area contributed by atoms with Crippen LogP contribution in [0.3, 0.4) is 0 Å². The predicted molar refractivity (Wildman–Crippen MR) is 96.8 cm³/mol. The van der Waals surface area contributed by atoms with E-state index in [2.05, 4.69) is 46.6 Å². The summed E-state index contributed by atoms with van der Waals surface area (Å²) < 4.78 is 0. The van der Waals surface area contributed by atoms with Gasteiger partial charge >= 0.3 is 6.03 Å². The lowest BCUT2D eigenvalue weighted by molar-refractivity contribution is 0.0809. The van der Waals surface area contributed by atoms with Gasteiger partial charge in [0.15, 0.2) is 6.10 Å². The van der Waals surface area contributed by atoms with Crippen LogP contribution in [0.5, 0.6) is 0 Å². The second-order valence-electron chi connectivity index (χ2n) is 7.30.